The minimum atomic E-state index is 0.656. The summed E-state index contributed by atoms with van der Waals surface area (Å²) in [6, 6.07) is 3.93. The molecule has 0 saturated heterocycles. The highest BCUT2D eigenvalue weighted by Crippen LogP contribution is 2.06. The number of aromatic nitrogens is 1. The van der Waals surface area contributed by atoms with Gasteiger partial charge in [0, 0.05) is 12.1 Å². The fourth-order valence-electron chi connectivity index (χ4n) is 0.663. The topological polar surface area (TPSA) is 12.9 Å². The van der Waals surface area contributed by atoms with Crippen molar-refractivity contribution in [2.24, 2.45) is 0 Å². The molecule has 0 radical (unpaired) electrons. The normalized spacial score (nSPS) is 9.80. The summed E-state index contributed by atoms with van der Waals surface area (Å²) in [7, 11) is 0. The molecule has 1 heterocycles. The van der Waals surface area contributed by atoms with Gasteiger partial charge in [-0.15, -0.1) is 11.6 Å². The van der Waals surface area contributed by atoms with E-state index < -0.39 is 0 Å². The van der Waals surface area contributed by atoms with Gasteiger partial charge in [0.1, 0.15) is 4.60 Å². The molecule has 0 aliphatic rings. The molecule has 3 heteroatoms. The largest absolute Gasteiger partial charge is 0.249 e. The van der Waals surface area contributed by atoms with E-state index in [0.717, 1.165) is 11.0 Å². The summed E-state index contributed by atoms with van der Waals surface area (Å²) >= 11 is 8.79. The van der Waals surface area contributed by atoms with E-state index in [-0.39, 0.29) is 0 Å². The zero-order chi connectivity index (χ0) is 7.40. The summed E-state index contributed by atoms with van der Waals surface area (Å²) in [6.07, 6.45) is 2.72. The van der Waals surface area contributed by atoms with Crippen LogP contribution in [0.1, 0.15) is 5.56 Å². The van der Waals surface area contributed by atoms with Crippen LogP contribution in [0.4, 0.5) is 0 Å². The Balaban J connectivity index is 2.69. The molecule has 0 atom stereocenters. The lowest BCUT2D eigenvalue weighted by atomic mass is 10.2. The quantitative estimate of drug-likeness (QED) is 0.551. The predicted molar refractivity (Wildman–Crippen MR) is 46.4 cm³/mol. The second-order valence-corrected chi connectivity index (χ2v) is 3.12. The molecule has 0 aromatic carbocycles. The van der Waals surface area contributed by atoms with Crippen LogP contribution < -0.4 is 0 Å². The van der Waals surface area contributed by atoms with E-state index in [1.807, 2.05) is 18.3 Å². The van der Waals surface area contributed by atoms with Crippen molar-refractivity contribution in [2.75, 3.05) is 5.88 Å². The number of alkyl halides is 1. The number of aryl methyl sites for hydroxylation is 1. The summed E-state index contributed by atoms with van der Waals surface area (Å²) in [5.74, 6) is 0.656. The highest BCUT2D eigenvalue weighted by molar-refractivity contribution is 9.10. The molecule has 10 heavy (non-hydrogen) atoms. The van der Waals surface area contributed by atoms with Gasteiger partial charge >= 0.3 is 0 Å². The van der Waals surface area contributed by atoms with Crippen LogP contribution in [0.3, 0.4) is 0 Å². The van der Waals surface area contributed by atoms with Crippen LogP contribution in [0.25, 0.3) is 0 Å². The van der Waals surface area contributed by atoms with E-state index in [4.69, 9.17) is 11.6 Å². The van der Waals surface area contributed by atoms with Gasteiger partial charge in [-0.05, 0) is 34.0 Å². The van der Waals surface area contributed by atoms with Crippen LogP contribution in [0, 0.1) is 0 Å². The third-order valence-electron chi connectivity index (χ3n) is 1.17. The van der Waals surface area contributed by atoms with Crippen molar-refractivity contribution in [3.8, 4) is 0 Å². The third kappa shape index (κ3) is 2.27. The van der Waals surface area contributed by atoms with Gasteiger partial charge in [-0.2, -0.15) is 0 Å². The summed E-state index contributed by atoms with van der Waals surface area (Å²) in [5.41, 5.74) is 1.18. The Morgan fingerprint density at radius 3 is 2.80 bits per heavy atom. The van der Waals surface area contributed by atoms with Gasteiger partial charge in [-0.25, -0.2) is 4.98 Å². The summed E-state index contributed by atoms with van der Waals surface area (Å²) in [4.78, 5) is 4.06. The Morgan fingerprint density at radius 1 is 1.50 bits per heavy atom. The van der Waals surface area contributed by atoms with Gasteiger partial charge in [0.2, 0.25) is 0 Å². The third-order valence-corrected chi connectivity index (χ3v) is 1.83. The molecule has 0 aliphatic heterocycles. The van der Waals surface area contributed by atoms with E-state index in [1.54, 1.807) is 0 Å². The first-order valence-electron chi connectivity index (χ1n) is 2.99. The van der Waals surface area contributed by atoms with E-state index in [0.29, 0.717) is 5.88 Å². The zero-order valence-electron chi connectivity index (χ0n) is 5.35. The average Bonchev–Trinajstić information content (AvgIpc) is 1.95. The second kappa shape index (κ2) is 3.94. The Kier molecular flexibility index (Phi) is 3.16. The van der Waals surface area contributed by atoms with Crippen LogP contribution in [0.2, 0.25) is 0 Å². The summed E-state index contributed by atoms with van der Waals surface area (Å²) < 4.78 is 0.867. The standard InChI is InChI=1S/C7H7BrClN/c8-7-2-1-6(3-4-9)5-10-7/h1-2,5H,3-4H2. The maximum Gasteiger partial charge on any atom is 0.106 e. The SMILES string of the molecule is ClCCc1ccc(Br)nc1. The van der Waals surface area contributed by atoms with Crippen LogP contribution >= 0.6 is 27.5 Å². The first-order valence-corrected chi connectivity index (χ1v) is 4.32. The molecule has 0 aliphatic carbocycles. The molecular formula is C7H7BrClN. The molecule has 54 valence electrons. The van der Waals surface area contributed by atoms with E-state index in [9.17, 15) is 0 Å². The van der Waals surface area contributed by atoms with Gasteiger partial charge in [-0.1, -0.05) is 6.07 Å². The van der Waals surface area contributed by atoms with E-state index in [2.05, 4.69) is 20.9 Å². The first kappa shape index (κ1) is 8.02. The molecule has 0 fully saturated rings. The number of pyridine rings is 1. The van der Waals surface area contributed by atoms with Crippen LogP contribution in [0.5, 0.6) is 0 Å². The maximum atomic E-state index is 5.54. The van der Waals surface area contributed by atoms with Gasteiger partial charge in [0.15, 0.2) is 0 Å². The van der Waals surface area contributed by atoms with Gasteiger partial charge in [0.05, 0.1) is 0 Å². The van der Waals surface area contributed by atoms with E-state index >= 15 is 0 Å². The number of rotatable bonds is 2. The number of hydrogen-bond donors (Lipinski definition) is 0. The summed E-state index contributed by atoms with van der Waals surface area (Å²) in [6.45, 7) is 0. The molecular weight excluding hydrogens is 213 g/mol. The lowest BCUT2D eigenvalue weighted by Gasteiger charge is -1.94. The fraction of sp³-hybridized carbons (Fsp3) is 0.286. The lowest BCUT2D eigenvalue weighted by Crippen LogP contribution is -1.86. The van der Waals surface area contributed by atoms with Gasteiger partial charge in [-0.3, -0.25) is 0 Å². The van der Waals surface area contributed by atoms with Gasteiger partial charge < -0.3 is 0 Å². The Bertz CT molecular complexity index is 197. The number of halogens is 2. The van der Waals surface area contributed by atoms with Crippen LogP contribution in [-0.2, 0) is 6.42 Å². The van der Waals surface area contributed by atoms with Crippen molar-refractivity contribution in [3.63, 3.8) is 0 Å². The molecule has 0 N–H and O–H groups in total. The van der Waals surface area contributed by atoms with Crippen molar-refractivity contribution in [2.45, 2.75) is 6.42 Å². The minimum absolute atomic E-state index is 0.656. The zero-order valence-corrected chi connectivity index (χ0v) is 7.69. The number of nitrogens with zero attached hydrogens (tertiary/aromatic N) is 1. The molecule has 1 rings (SSSR count). The minimum Gasteiger partial charge on any atom is -0.249 e. The van der Waals surface area contributed by atoms with Crippen LogP contribution in [0.15, 0.2) is 22.9 Å². The second-order valence-electron chi connectivity index (χ2n) is 1.93. The van der Waals surface area contributed by atoms with Crippen molar-refractivity contribution in [3.05, 3.63) is 28.5 Å². The molecule has 0 spiro atoms. The van der Waals surface area contributed by atoms with E-state index in [1.165, 1.54) is 5.56 Å². The maximum absolute atomic E-state index is 5.54. The Labute approximate surface area is 73.6 Å². The highest BCUT2D eigenvalue weighted by atomic mass is 79.9. The fourth-order valence-corrected chi connectivity index (χ4v) is 1.12. The monoisotopic (exact) mass is 219 g/mol. The van der Waals surface area contributed by atoms with Crippen molar-refractivity contribution < 1.29 is 0 Å². The molecule has 1 aromatic heterocycles. The highest BCUT2D eigenvalue weighted by Gasteiger charge is 1.90. The molecule has 1 aromatic rings. The number of hydrogen-bond acceptors (Lipinski definition) is 1. The van der Waals surface area contributed by atoms with Crippen molar-refractivity contribution >= 4 is 27.5 Å². The molecule has 0 saturated carbocycles. The molecule has 0 amide bonds. The molecule has 0 unspecified atom stereocenters. The average molecular weight is 220 g/mol. The molecule has 0 bridgehead atoms. The van der Waals surface area contributed by atoms with Crippen molar-refractivity contribution in [1.82, 2.24) is 4.98 Å². The molecule has 1 nitrogen and oxygen atoms in total. The lowest BCUT2D eigenvalue weighted by molar-refractivity contribution is 1.10. The van der Waals surface area contributed by atoms with Crippen molar-refractivity contribution in [1.29, 1.82) is 0 Å². The first-order chi connectivity index (χ1) is 4.83. The Hall–Kier alpha value is -0.0800. The Morgan fingerprint density at radius 2 is 2.30 bits per heavy atom. The van der Waals surface area contributed by atoms with Gasteiger partial charge in [0.25, 0.3) is 0 Å². The summed E-state index contributed by atoms with van der Waals surface area (Å²) in [5, 5.41) is 0. The smallest absolute Gasteiger partial charge is 0.106 e. The predicted octanol–water partition coefficient (Wildman–Crippen LogP) is 2.63. The van der Waals surface area contributed by atoms with Crippen LogP contribution in [-0.4, -0.2) is 10.9 Å².